The average molecular weight is 321 g/mol. The minimum absolute atomic E-state index is 0.126. The third kappa shape index (κ3) is 4.05. The summed E-state index contributed by atoms with van der Waals surface area (Å²) in [7, 11) is 1.50. The molecule has 0 fully saturated rings. The Morgan fingerprint density at radius 1 is 1.18 bits per heavy atom. The zero-order valence-corrected chi connectivity index (χ0v) is 12.6. The highest BCUT2D eigenvalue weighted by Gasteiger charge is 2.20. The zero-order chi connectivity index (χ0) is 16.1. The zero-order valence-electron chi connectivity index (χ0n) is 11.8. The van der Waals surface area contributed by atoms with E-state index in [4.69, 9.17) is 11.6 Å². The van der Waals surface area contributed by atoms with E-state index in [0.29, 0.717) is 0 Å². The molecule has 0 aromatic heterocycles. The van der Waals surface area contributed by atoms with Crippen molar-refractivity contribution in [3.05, 3.63) is 64.9 Å². The van der Waals surface area contributed by atoms with Crippen molar-refractivity contribution in [2.45, 2.75) is 6.54 Å². The van der Waals surface area contributed by atoms with Gasteiger partial charge in [0.05, 0.1) is 5.69 Å². The molecule has 6 heteroatoms. The molecule has 0 saturated heterocycles. The van der Waals surface area contributed by atoms with Gasteiger partial charge in [0.2, 0.25) is 0 Å². The van der Waals surface area contributed by atoms with Crippen LogP contribution in [0.25, 0.3) is 0 Å². The fraction of sp³-hybridized carbons (Fsp3) is 0.125. The van der Waals surface area contributed by atoms with Crippen LogP contribution in [0.1, 0.15) is 5.56 Å². The van der Waals surface area contributed by atoms with Crippen molar-refractivity contribution >= 4 is 29.1 Å². The quantitative estimate of drug-likeness (QED) is 0.884. The highest BCUT2D eigenvalue weighted by atomic mass is 35.5. The van der Waals surface area contributed by atoms with Gasteiger partial charge in [0.15, 0.2) is 0 Å². The third-order valence-corrected chi connectivity index (χ3v) is 3.22. The van der Waals surface area contributed by atoms with E-state index in [1.807, 2.05) is 30.3 Å². The van der Waals surface area contributed by atoms with Crippen LogP contribution in [0.5, 0.6) is 0 Å². The van der Waals surface area contributed by atoms with Gasteiger partial charge in [-0.3, -0.25) is 9.59 Å². The van der Waals surface area contributed by atoms with Gasteiger partial charge < -0.3 is 10.2 Å². The van der Waals surface area contributed by atoms with Gasteiger partial charge in [0.1, 0.15) is 5.82 Å². The van der Waals surface area contributed by atoms with Crippen molar-refractivity contribution in [1.29, 1.82) is 0 Å². The lowest BCUT2D eigenvalue weighted by Crippen LogP contribution is -2.36. The number of amides is 2. The van der Waals surface area contributed by atoms with Crippen molar-refractivity contribution in [2.24, 2.45) is 0 Å². The Bertz CT molecular complexity index is 692. The van der Waals surface area contributed by atoms with Crippen LogP contribution >= 0.6 is 11.6 Å². The maximum atomic E-state index is 13.5. The summed E-state index contributed by atoms with van der Waals surface area (Å²) in [5.41, 5.74) is 0.763. The van der Waals surface area contributed by atoms with E-state index in [2.05, 4.69) is 5.32 Å². The van der Waals surface area contributed by atoms with E-state index in [9.17, 15) is 14.0 Å². The number of carbonyl (C=O) groups excluding carboxylic acids is 2. The molecule has 0 spiro atoms. The molecule has 0 radical (unpaired) electrons. The number of nitrogens with zero attached hydrogens (tertiary/aromatic N) is 1. The normalized spacial score (nSPS) is 10.1. The van der Waals surface area contributed by atoms with Crippen LogP contribution in [0.3, 0.4) is 0 Å². The second-order valence-corrected chi connectivity index (χ2v) is 5.16. The van der Waals surface area contributed by atoms with E-state index in [0.717, 1.165) is 11.6 Å². The van der Waals surface area contributed by atoms with E-state index in [1.165, 1.54) is 24.1 Å². The van der Waals surface area contributed by atoms with Crippen molar-refractivity contribution in [2.75, 3.05) is 12.4 Å². The first-order chi connectivity index (χ1) is 10.5. The van der Waals surface area contributed by atoms with Gasteiger partial charge in [-0.1, -0.05) is 41.9 Å². The predicted molar refractivity (Wildman–Crippen MR) is 83.0 cm³/mol. The Kier molecular flexibility index (Phi) is 5.12. The number of carbonyl (C=O) groups is 2. The molecule has 2 amide bonds. The third-order valence-electron chi connectivity index (χ3n) is 2.98. The van der Waals surface area contributed by atoms with Crippen molar-refractivity contribution < 1.29 is 14.0 Å². The lowest BCUT2D eigenvalue weighted by atomic mass is 10.2. The minimum atomic E-state index is -0.917. The van der Waals surface area contributed by atoms with Gasteiger partial charge in [-0.15, -0.1) is 0 Å². The van der Waals surface area contributed by atoms with Gasteiger partial charge >= 0.3 is 11.8 Å². The summed E-state index contributed by atoms with van der Waals surface area (Å²) >= 11 is 5.74. The second-order valence-electron chi connectivity index (χ2n) is 4.73. The molecule has 0 bridgehead atoms. The van der Waals surface area contributed by atoms with Gasteiger partial charge in [0.25, 0.3) is 0 Å². The molecule has 0 aliphatic heterocycles. The fourth-order valence-corrected chi connectivity index (χ4v) is 2.04. The predicted octanol–water partition coefficient (Wildman–Crippen LogP) is 3.08. The first-order valence-electron chi connectivity index (χ1n) is 6.53. The average Bonchev–Trinajstić information content (AvgIpc) is 2.51. The summed E-state index contributed by atoms with van der Waals surface area (Å²) in [6.45, 7) is 0.283. The number of benzene rings is 2. The topological polar surface area (TPSA) is 49.4 Å². The highest BCUT2D eigenvalue weighted by Crippen LogP contribution is 2.19. The molecule has 22 heavy (non-hydrogen) atoms. The van der Waals surface area contributed by atoms with Crippen LogP contribution in [0.2, 0.25) is 5.02 Å². The molecular weight excluding hydrogens is 307 g/mol. The minimum Gasteiger partial charge on any atom is -0.333 e. The Morgan fingerprint density at radius 3 is 2.55 bits per heavy atom. The summed E-state index contributed by atoms with van der Waals surface area (Å²) in [4.78, 5) is 25.2. The summed E-state index contributed by atoms with van der Waals surface area (Å²) in [5, 5.41) is 2.49. The maximum absolute atomic E-state index is 13.5. The first kappa shape index (κ1) is 16.0. The van der Waals surface area contributed by atoms with Crippen molar-refractivity contribution in [3.8, 4) is 0 Å². The lowest BCUT2D eigenvalue weighted by Gasteiger charge is -2.17. The van der Waals surface area contributed by atoms with E-state index >= 15 is 0 Å². The number of nitrogens with one attached hydrogen (secondary N) is 1. The Hall–Kier alpha value is -2.40. The molecule has 1 N–H and O–H groups in total. The van der Waals surface area contributed by atoms with Crippen LogP contribution in [-0.4, -0.2) is 23.8 Å². The molecule has 0 atom stereocenters. The molecule has 2 aromatic carbocycles. The van der Waals surface area contributed by atoms with Gasteiger partial charge in [-0.2, -0.15) is 0 Å². The largest absolute Gasteiger partial charge is 0.333 e. The molecule has 0 saturated carbocycles. The fourth-order valence-electron chi connectivity index (χ4n) is 1.87. The number of anilines is 1. The number of halogens is 2. The van der Waals surface area contributed by atoms with Crippen LogP contribution in [0.4, 0.5) is 10.1 Å². The van der Waals surface area contributed by atoms with E-state index < -0.39 is 17.6 Å². The molecular formula is C16H14ClFN2O2. The van der Waals surface area contributed by atoms with E-state index in [1.54, 1.807) is 0 Å². The summed E-state index contributed by atoms with van der Waals surface area (Å²) < 4.78 is 13.5. The number of hydrogen-bond donors (Lipinski definition) is 1. The Labute approximate surface area is 132 Å². The second kappa shape index (κ2) is 7.04. The van der Waals surface area contributed by atoms with E-state index in [-0.39, 0.29) is 17.3 Å². The first-order valence-corrected chi connectivity index (χ1v) is 6.90. The molecule has 114 valence electrons. The maximum Gasteiger partial charge on any atom is 0.313 e. The molecule has 4 nitrogen and oxygen atoms in total. The Balaban J connectivity index is 2.02. The number of hydrogen-bond acceptors (Lipinski definition) is 2. The summed E-state index contributed by atoms with van der Waals surface area (Å²) in [5.74, 6) is -2.33. The molecule has 0 unspecified atom stereocenters. The molecule has 0 heterocycles. The standard InChI is InChI=1S/C16H14ClFN2O2/c1-20(10-11-5-3-2-4-6-11)16(22)15(21)19-14-9-12(17)7-8-13(14)18/h2-9H,10H2,1H3,(H,19,21). The summed E-state index contributed by atoms with van der Waals surface area (Å²) in [6, 6.07) is 13.0. The Morgan fingerprint density at radius 2 is 1.86 bits per heavy atom. The van der Waals surface area contributed by atoms with Gasteiger partial charge in [-0.25, -0.2) is 4.39 Å². The summed E-state index contributed by atoms with van der Waals surface area (Å²) in [6.07, 6.45) is 0. The van der Waals surface area contributed by atoms with Crippen molar-refractivity contribution in [1.82, 2.24) is 4.90 Å². The SMILES string of the molecule is CN(Cc1ccccc1)C(=O)C(=O)Nc1cc(Cl)ccc1F. The van der Waals surface area contributed by atoms with Crippen LogP contribution < -0.4 is 5.32 Å². The number of rotatable bonds is 3. The van der Waals surface area contributed by atoms with Crippen LogP contribution in [-0.2, 0) is 16.1 Å². The smallest absolute Gasteiger partial charge is 0.313 e. The van der Waals surface area contributed by atoms with Crippen LogP contribution in [0.15, 0.2) is 48.5 Å². The molecule has 2 aromatic rings. The van der Waals surface area contributed by atoms with Crippen LogP contribution in [0, 0.1) is 5.82 Å². The molecule has 0 aliphatic carbocycles. The molecule has 2 rings (SSSR count). The van der Waals surface area contributed by atoms with Gasteiger partial charge in [0, 0.05) is 18.6 Å². The van der Waals surface area contributed by atoms with Gasteiger partial charge in [-0.05, 0) is 23.8 Å². The monoisotopic (exact) mass is 320 g/mol. The highest BCUT2D eigenvalue weighted by molar-refractivity contribution is 6.39. The number of likely N-dealkylation sites (N-methyl/N-ethyl adjacent to an activating group) is 1. The molecule has 0 aliphatic rings. The van der Waals surface area contributed by atoms with Crippen molar-refractivity contribution in [3.63, 3.8) is 0 Å². The lowest BCUT2D eigenvalue weighted by molar-refractivity contribution is -0.142.